The summed E-state index contributed by atoms with van der Waals surface area (Å²) in [5.41, 5.74) is 2.09. The second-order valence-corrected chi connectivity index (χ2v) is 3.97. The van der Waals surface area contributed by atoms with Gasteiger partial charge in [0.2, 0.25) is 0 Å². The molecule has 2 heterocycles. The van der Waals surface area contributed by atoms with Crippen molar-refractivity contribution in [3.63, 3.8) is 0 Å². The number of para-hydroxylation sites is 1. The van der Waals surface area contributed by atoms with Gasteiger partial charge in [0.1, 0.15) is 6.17 Å². The van der Waals surface area contributed by atoms with Gasteiger partial charge in [-0.25, -0.2) is 0 Å². The highest BCUT2D eigenvalue weighted by atomic mass is 15.7. The molecule has 2 saturated heterocycles. The third-order valence-electron chi connectivity index (χ3n) is 2.74. The van der Waals surface area contributed by atoms with E-state index in [1.165, 1.54) is 0 Å². The Labute approximate surface area is 87.8 Å². The minimum Gasteiger partial charge on any atom is -0.326 e. The van der Waals surface area contributed by atoms with Crippen LogP contribution < -0.4 is 21.3 Å². The Morgan fingerprint density at radius 3 is 2.67 bits per heavy atom. The first kappa shape index (κ1) is 8.70. The van der Waals surface area contributed by atoms with Gasteiger partial charge in [0, 0.05) is 5.69 Å². The number of nitrogens with one attached hydrogen (secondary N) is 5. The summed E-state index contributed by atoms with van der Waals surface area (Å²) >= 11 is 0. The molecule has 0 unspecified atom stereocenters. The summed E-state index contributed by atoms with van der Waals surface area (Å²) in [7, 11) is 0. The standard InChI is InChI=1S/C10H13N5/c1-6-4-2-3-5-7(6)12-9(11)15-10-8(13-10)14-10/h2-5,8,13-14H,1H3,(H3,11,12,15)/t8-,10+. The molecule has 0 spiro atoms. The summed E-state index contributed by atoms with van der Waals surface area (Å²) in [5.74, 6) is 0.136. The highest BCUT2D eigenvalue weighted by Crippen LogP contribution is 2.33. The lowest BCUT2D eigenvalue weighted by molar-refractivity contribution is 0.600. The lowest BCUT2D eigenvalue weighted by Crippen LogP contribution is -2.44. The average Bonchev–Trinajstić information content (AvgIpc) is 2.98. The summed E-state index contributed by atoms with van der Waals surface area (Å²) in [4.78, 5) is 0. The van der Waals surface area contributed by atoms with Crippen LogP contribution in [0.4, 0.5) is 5.69 Å². The number of anilines is 1. The van der Waals surface area contributed by atoms with Crippen LogP contribution in [-0.2, 0) is 0 Å². The van der Waals surface area contributed by atoms with Crippen LogP contribution in [0, 0.1) is 12.3 Å². The van der Waals surface area contributed by atoms with E-state index in [0.717, 1.165) is 11.3 Å². The van der Waals surface area contributed by atoms with Crippen LogP contribution in [0.5, 0.6) is 0 Å². The molecule has 15 heavy (non-hydrogen) atoms. The summed E-state index contributed by atoms with van der Waals surface area (Å²) in [6.45, 7) is 2.02. The molecule has 0 aliphatic carbocycles. The predicted octanol–water partition coefficient (Wildman–Crippen LogP) is 0.118. The molecule has 5 nitrogen and oxygen atoms in total. The van der Waals surface area contributed by atoms with Crippen LogP contribution in [0.25, 0.3) is 0 Å². The van der Waals surface area contributed by atoms with Gasteiger partial charge < -0.3 is 10.6 Å². The van der Waals surface area contributed by atoms with Gasteiger partial charge in [0.25, 0.3) is 0 Å². The van der Waals surface area contributed by atoms with Gasteiger partial charge in [-0.05, 0) is 18.6 Å². The predicted molar refractivity (Wildman–Crippen MR) is 58.5 cm³/mol. The van der Waals surface area contributed by atoms with E-state index >= 15 is 0 Å². The Morgan fingerprint density at radius 2 is 2.07 bits per heavy atom. The molecule has 0 aromatic heterocycles. The molecule has 2 aliphatic rings. The molecule has 0 radical (unpaired) electrons. The molecule has 5 N–H and O–H groups in total. The van der Waals surface area contributed by atoms with Crippen molar-refractivity contribution in [2.75, 3.05) is 5.32 Å². The smallest absolute Gasteiger partial charge is 0.195 e. The normalized spacial score (nSPS) is 30.3. The first-order chi connectivity index (χ1) is 7.20. The number of fused-ring (bicyclic) bond motifs is 1. The molecule has 78 valence electrons. The fraction of sp³-hybridized carbons (Fsp3) is 0.300. The second-order valence-electron chi connectivity index (χ2n) is 3.97. The minimum atomic E-state index is -0.174. The maximum atomic E-state index is 7.74. The average molecular weight is 203 g/mol. The van der Waals surface area contributed by atoms with E-state index in [9.17, 15) is 0 Å². The van der Waals surface area contributed by atoms with Gasteiger partial charge in [-0.15, -0.1) is 0 Å². The number of hydrogen-bond acceptors (Lipinski definition) is 3. The summed E-state index contributed by atoms with van der Waals surface area (Å²) in [6, 6.07) is 7.91. The first-order valence-corrected chi connectivity index (χ1v) is 4.94. The second kappa shape index (κ2) is 2.71. The number of aryl methyl sites for hydroxylation is 1. The van der Waals surface area contributed by atoms with Crippen molar-refractivity contribution < 1.29 is 0 Å². The van der Waals surface area contributed by atoms with E-state index in [0.29, 0.717) is 12.1 Å². The Kier molecular flexibility index (Phi) is 1.57. The number of hydrogen-bond donors (Lipinski definition) is 5. The quantitative estimate of drug-likeness (QED) is 0.268. The van der Waals surface area contributed by atoms with Crippen molar-refractivity contribution in [1.82, 2.24) is 16.0 Å². The van der Waals surface area contributed by atoms with Gasteiger partial charge >= 0.3 is 0 Å². The van der Waals surface area contributed by atoms with Crippen LogP contribution in [0.1, 0.15) is 5.56 Å². The van der Waals surface area contributed by atoms with E-state index in [2.05, 4.69) is 21.3 Å². The molecule has 2 aliphatic heterocycles. The molecule has 0 atom stereocenters. The first-order valence-electron chi connectivity index (χ1n) is 4.94. The van der Waals surface area contributed by atoms with Crippen molar-refractivity contribution in [3.8, 4) is 0 Å². The van der Waals surface area contributed by atoms with E-state index in [4.69, 9.17) is 5.41 Å². The van der Waals surface area contributed by atoms with Gasteiger partial charge in [-0.1, -0.05) is 18.2 Å². The van der Waals surface area contributed by atoms with Gasteiger partial charge in [-0.2, -0.15) is 0 Å². The fourth-order valence-electron chi connectivity index (χ4n) is 1.59. The Balaban J connectivity index is 1.64. The Bertz CT molecular complexity index is 422. The van der Waals surface area contributed by atoms with Crippen LogP contribution in [0.15, 0.2) is 24.3 Å². The van der Waals surface area contributed by atoms with E-state index in [1.807, 2.05) is 31.2 Å². The monoisotopic (exact) mass is 203 g/mol. The molecule has 0 amide bonds. The molecule has 0 saturated carbocycles. The van der Waals surface area contributed by atoms with Crippen molar-refractivity contribution >= 4 is 11.6 Å². The van der Waals surface area contributed by atoms with Crippen molar-refractivity contribution in [3.05, 3.63) is 29.8 Å². The SMILES string of the molecule is Cc1ccccc1NC(=N)N[C@]12N[C@@H]1N2. The molecule has 5 heteroatoms. The van der Waals surface area contributed by atoms with Crippen LogP contribution in [0.3, 0.4) is 0 Å². The third kappa shape index (κ3) is 1.45. The fourth-order valence-corrected chi connectivity index (χ4v) is 1.59. The largest absolute Gasteiger partial charge is 0.326 e. The number of benzene rings is 1. The van der Waals surface area contributed by atoms with Gasteiger partial charge in [0.05, 0.1) is 0 Å². The molecule has 2 fully saturated rings. The van der Waals surface area contributed by atoms with Crippen molar-refractivity contribution in [2.24, 2.45) is 0 Å². The number of rotatable bonds is 2. The Morgan fingerprint density at radius 1 is 1.40 bits per heavy atom. The van der Waals surface area contributed by atoms with Crippen molar-refractivity contribution in [1.29, 1.82) is 5.41 Å². The number of guanidine groups is 1. The van der Waals surface area contributed by atoms with Crippen LogP contribution >= 0.6 is 0 Å². The maximum Gasteiger partial charge on any atom is 0.195 e. The molecule has 0 bridgehead atoms. The van der Waals surface area contributed by atoms with Gasteiger partial charge in [0.15, 0.2) is 11.7 Å². The van der Waals surface area contributed by atoms with E-state index in [1.54, 1.807) is 0 Å². The lowest BCUT2D eigenvalue weighted by atomic mass is 10.2. The van der Waals surface area contributed by atoms with Crippen LogP contribution in [0.2, 0.25) is 0 Å². The molecule has 3 rings (SSSR count). The van der Waals surface area contributed by atoms with Crippen molar-refractivity contribution in [2.45, 2.75) is 18.9 Å². The lowest BCUT2D eigenvalue weighted by Gasteiger charge is -2.13. The van der Waals surface area contributed by atoms with E-state index in [-0.39, 0.29) is 5.79 Å². The summed E-state index contributed by atoms with van der Waals surface area (Å²) < 4.78 is 0. The molecule has 1 aromatic carbocycles. The molecule has 1 aromatic rings. The zero-order valence-electron chi connectivity index (χ0n) is 8.39. The minimum absolute atomic E-state index is 0.174. The molecular formula is C10H13N5. The van der Waals surface area contributed by atoms with E-state index < -0.39 is 0 Å². The topological polar surface area (TPSA) is 91.8 Å². The summed E-state index contributed by atoms with van der Waals surface area (Å²) in [5, 5.41) is 20.1. The van der Waals surface area contributed by atoms with Gasteiger partial charge in [-0.3, -0.25) is 16.0 Å². The molecular weight excluding hydrogens is 190 g/mol. The zero-order valence-corrected chi connectivity index (χ0v) is 8.39. The zero-order chi connectivity index (χ0) is 10.5. The highest BCUT2D eigenvalue weighted by Gasteiger charge is 2.71. The highest BCUT2D eigenvalue weighted by molar-refractivity contribution is 5.93. The third-order valence-corrected chi connectivity index (χ3v) is 2.74. The Hall–Kier alpha value is -1.59. The maximum absolute atomic E-state index is 7.74. The summed E-state index contributed by atoms with van der Waals surface area (Å²) in [6.07, 6.45) is 0.358. The van der Waals surface area contributed by atoms with Crippen LogP contribution in [-0.4, -0.2) is 17.9 Å².